The summed E-state index contributed by atoms with van der Waals surface area (Å²) < 4.78 is 2.57. The average Bonchev–Trinajstić information content (AvgIpc) is 3.56. The van der Waals surface area contributed by atoms with Gasteiger partial charge in [-0.3, -0.25) is 0 Å². The summed E-state index contributed by atoms with van der Waals surface area (Å²) in [5, 5.41) is 0. The van der Waals surface area contributed by atoms with E-state index in [1.807, 2.05) is 0 Å². The zero-order chi connectivity index (χ0) is 15.9. The first-order valence-electron chi connectivity index (χ1n) is 13.1. The Morgan fingerprint density at radius 3 is 1.00 bits per heavy atom. The summed E-state index contributed by atoms with van der Waals surface area (Å²) in [6.07, 6.45) is 1.60. The van der Waals surface area contributed by atoms with Crippen LogP contribution >= 0.6 is 0 Å². The van der Waals surface area contributed by atoms with Gasteiger partial charge in [-0.1, -0.05) is 0 Å². The van der Waals surface area contributed by atoms with Crippen molar-refractivity contribution in [2.24, 2.45) is 11.8 Å². The van der Waals surface area contributed by atoms with Crippen LogP contribution in [-0.4, -0.2) is 0 Å². The van der Waals surface area contributed by atoms with Crippen LogP contribution in [0.25, 0.3) is 0 Å². The molecular formula is C25H28Fe2. The minimum absolute atomic E-state index is 1.20. The molecule has 0 aromatic carbocycles. The van der Waals surface area contributed by atoms with Gasteiger partial charge in [0.05, 0.1) is 0 Å². The molecule has 0 bridgehead atoms. The molecule has 2 heteroatoms. The fraction of sp³-hybridized carbons (Fsp3) is 1.00. The Bertz CT molecular complexity index is 1780. The van der Waals surface area contributed by atoms with Crippen molar-refractivity contribution in [3.05, 3.63) is 0 Å². The molecule has 20 heterocycles. The molecule has 2 spiro atoms. The summed E-state index contributed by atoms with van der Waals surface area (Å²) in [6, 6.07) is 0. The first-order chi connectivity index (χ1) is 12.7. The van der Waals surface area contributed by atoms with Crippen LogP contribution in [0.4, 0.5) is 0 Å². The quantitative estimate of drug-likeness (QED) is 0.387. The predicted molar refractivity (Wildman–Crippen MR) is 95.8 cm³/mol. The summed E-state index contributed by atoms with van der Waals surface area (Å²) in [5.74, 6) is 2.67. The van der Waals surface area contributed by atoms with Gasteiger partial charge in [0.15, 0.2) is 0 Å². The molecule has 0 saturated carbocycles. The van der Waals surface area contributed by atoms with E-state index < -0.39 is 13.0 Å². The van der Waals surface area contributed by atoms with E-state index in [9.17, 15) is 0 Å². The number of rotatable bonds is 4. The molecule has 0 nitrogen and oxygen atoms in total. The van der Waals surface area contributed by atoms with E-state index in [1.165, 1.54) is 20.5 Å². The molecule has 0 amide bonds. The summed E-state index contributed by atoms with van der Waals surface area (Å²) >= 11 is 0. The Balaban J connectivity index is 1.14. The van der Waals surface area contributed by atoms with Gasteiger partial charge in [-0.25, -0.2) is 0 Å². The van der Waals surface area contributed by atoms with E-state index in [2.05, 4.69) is 13.8 Å². The second-order valence-electron chi connectivity index (χ2n) is 21.3. The Hall–Kier alpha value is 1.04. The molecule has 144 valence electrons. The molecule has 20 aliphatic rings. The maximum atomic E-state index is 2.89. The van der Waals surface area contributed by atoms with Gasteiger partial charge >= 0.3 is 140 Å². The Morgan fingerprint density at radius 1 is 0.556 bits per heavy atom. The SMILES string of the molecule is CCC(C)C([C]12[CH]3[CH]4[CH]5[CH]1[Fe]45321678[CH]2[CH]1[CH]6[CH]7[CH]28)[C]12[CH]3[CH]4[CH]5[CH]1[Fe]45321678[CH]2[CH]1[CH]6[CH]7[CH]28. The Kier molecular flexibility index (Phi) is 0.234. The fourth-order valence-electron chi connectivity index (χ4n) is 35.9. The number of hydrogen-bond donors (Lipinski definition) is 0. The van der Waals surface area contributed by atoms with Crippen molar-refractivity contribution in [1.82, 2.24) is 0 Å². The average molecular weight is 440 g/mol. The zero-order valence-electron chi connectivity index (χ0n) is 16.0. The summed E-state index contributed by atoms with van der Waals surface area (Å²) in [6.45, 7) is -0.344. The molecular weight excluding hydrogens is 412 g/mol. The zero-order valence-corrected chi connectivity index (χ0v) is 18.2. The molecule has 9 atom stereocenters. The second-order valence-corrected chi connectivity index (χ2v) is 68.5. The molecule has 20 fully saturated rings. The van der Waals surface area contributed by atoms with E-state index in [1.54, 1.807) is 93.1 Å². The first-order valence-corrected chi connectivity index (χ1v) is 25.7. The van der Waals surface area contributed by atoms with Gasteiger partial charge in [0.2, 0.25) is 0 Å². The van der Waals surface area contributed by atoms with Crippen LogP contribution in [0.15, 0.2) is 0 Å². The van der Waals surface area contributed by atoms with Gasteiger partial charge < -0.3 is 0 Å². The summed E-state index contributed by atoms with van der Waals surface area (Å²) in [4.78, 5) is 28.8. The van der Waals surface area contributed by atoms with Crippen LogP contribution in [0.1, 0.15) is 20.3 Å². The molecule has 9 unspecified atom stereocenters. The first kappa shape index (κ1) is 9.26. The summed E-state index contributed by atoms with van der Waals surface area (Å²) in [7, 11) is 0. The van der Waals surface area contributed by atoms with Crippen LogP contribution in [0.5, 0.6) is 0 Å². The standard InChI is InChI=1S/C15H18.2C5H5.2Fe/c1-3-12(2)15(13-8-4-5-9-13)14-10-6-7-11-14;2*1-2-4-5-3-1;;/h4-12,15H,3H2,1-2H3;2*1-5H;;. The van der Waals surface area contributed by atoms with Gasteiger partial charge in [0, 0.05) is 0 Å². The van der Waals surface area contributed by atoms with E-state index in [-0.39, 0.29) is 0 Å². The fourth-order valence-corrected chi connectivity index (χ4v) is 187. The van der Waals surface area contributed by atoms with Crippen molar-refractivity contribution in [3.8, 4) is 0 Å². The molecule has 0 aromatic heterocycles. The van der Waals surface area contributed by atoms with Gasteiger partial charge in [0.1, 0.15) is 0 Å². The molecule has 20 saturated heterocycles. The van der Waals surface area contributed by atoms with Crippen molar-refractivity contribution in [3.63, 3.8) is 0 Å². The van der Waals surface area contributed by atoms with E-state index in [4.69, 9.17) is 0 Å². The monoisotopic (exact) mass is 440 g/mol. The summed E-state index contributed by atoms with van der Waals surface area (Å²) in [5.41, 5.74) is 0. The van der Waals surface area contributed by atoms with Crippen molar-refractivity contribution in [1.29, 1.82) is 0 Å². The molecule has 0 radical (unpaired) electrons. The topological polar surface area (TPSA) is 0 Å². The molecule has 0 N–H and O–H groups in total. The Labute approximate surface area is 139 Å². The van der Waals surface area contributed by atoms with E-state index in [0.29, 0.717) is 0 Å². The van der Waals surface area contributed by atoms with Crippen molar-refractivity contribution in [2.75, 3.05) is 0 Å². The van der Waals surface area contributed by atoms with Crippen LogP contribution < -0.4 is 0 Å². The van der Waals surface area contributed by atoms with Crippen LogP contribution in [-0.2, 0) is 13.0 Å². The molecule has 20 rings (SSSR count). The van der Waals surface area contributed by atoms with Crippen LogP contribution in [0, 0.1) is 11.8 Å². The second kappa shape index (κ2) is 0.681. The van der Waals surface area contributed by atoms with E-state index >= 15 is 0 Å². The third-order valence-electron chi connectivity index (χ3n) is 31.7. The van der Waals surface area contributed by atoms with Crippen molar-refractivity contribution in [2.45, 2.75) is 116 Å². The van der Waals surface area contributed by atoms with Crippen LogP contribution in [0.3, 0.4) is 0 Å². The normalized spacial score (nSPS) is 150. The van der Waals surface area contributed by atoms with Gasteiger partial charge in [-0.2, -0.15) is 0 Å². The van der Waals surface area contributed by atoms with Crippen LogP contribution in [0.2, 0.25) is 95.3 Å². The van der Waals surface area contributed by atoms with Gasteiger partial charge in [0.25, 0.3) is 0 Å². The maximum absolute atomic E-state index is 2.95. The van der Waals surface area contributed by atoms with Gasteiger partial charge in [-0.05, 0) is 0 Å². The molecule has 0 aromatic rings. The third kappa shape index (κ3) is 0.0856. The third-order valence-corrected chi connectivity index (χ3v) is 117. The Morgan fingerprint density at radius 2 is 0.852 bits per heavy atom. The predicted octanol–water partition coefficient (Wildman–Crippen LogP) is 8.17. The molecule has 20 aliphatic heterocycles. The molecule has 27 heavy (non-hydrogen) atoms. The van der Waals surface area contributed by atoms with Crippen molar-refractivity contribution >= 4 is 0 Å². The van der Waals surface area contributed by atoms with E-state index in [0.717, 1.165) is 0 Å². The number of hydrogen-bond acceptors (Lipinski definition) is 0. The number of fused-ring (bicyclic) bond motifs is 20. The van der Waals surface area contributed by atoms with Gasteiger partial charge in [-0.15, -0.1) is 0 Å². The van der Waals surface area contributed by atoms with Crippen molar-refractivity contribution < 1.29 is 13.0 Å². The molecule has 0 aliphatic carbocycles. The minimum atomic E-state index is -2.95.